The Bertz CT molecular complexity index is 349. The van der Waals surface area contributed by atoms with Crippen molar-refractivity contribution >= 4 is 11.3 Å². The smallest absolute Gasteiger partial charge is 0.304 e. The lowest BCUT2D eigenvalue weighted by Crippen LogP contribution is -2.26. The van der Waals surface area contributed by atoms with Gasteiger partial charge in [0.2, 0.25) is 0 Å². The summed E-state index contributed by atoms with van der Waals surface area (Å²) in [6, 6.07) is 1.99. The van der Waals surface area contributed by atoms with Crippen LogP contribution < -0.4 is 10.2 Å². The first-order valence-corrected chi connectivity index (χ1v) is 4.94. The second kappa shape index (κ2) is 4.80. The molecule has 1 aromatic heterocycles. The molecular weight excluding hydrogens is 186 g/mol. The van der Waals surface area contributed by atoms with Gasteiger partial charge in [-0.3, -0.25) is 10.1 Å². The molecule has 0 aliphatic heterocycles. The second-order valence-electron chi connectivity index (χ2n) is 2.64. The molecular formula is C8H11N3OS. The van der Waals surface area contributed by atoms with Crippen molar-refractivity contribution in [1.29, 1.82) is 5.26 Å². The molecule has 13 heavy (non-hydrogen) atoms. The van der Waals surface area contributed by atoms with Gasteiger partial charge in [0.15, 0.2) is 0 Å². The van der Waals surface area contributed by atoms with Crippen LogP contribution in [0.15, 0.2) is 10.2 Å². The third-order valence-electron chi connectivity index (χ3n) is 1.67. The molecule has 0 aliphatic carbocycles. The van der Waals surface area contributed by atoms with Crippen molar-refractivity contribution in [1.82, 2.24) is 10.3 Å². The molecule has 0 aliphatic rings. The predicted molar refractivity (Wildman–Crippen MR) is 51.5 cm³/mol. The maximum atomic E-state index is 10.7. The molecule has 1 aromatic rings. The first-order chi connectivity index (χ1) is 6.26. The van der Waals surface area contributed by atoms with E-state index >= 15 is 0 Å². The minimum atomic E-state index is -0.136. The van der Waals surface area contributed by atoms with Crippen LogP contribution in [0.5, 0.6) is 0 Å². The number of nitrogens with zero attached hydrogens (tertiary/aromatic N) is 1. The van der Waals surface area contributed by atoms with Crippen LogP contribution in [0.3, 0.4) is 0 Å². The zero-order valence-corrected chi connectivity index (χ0v) is 8.15. The highest BCUT2D eigenvalue weighted by Crippen LogP contribution is 1.96. The average Bonchev–Trinajstić information content (AvgIpc) is 2.53. The standard InChI is InChI=1S/C8H11N3OS/c1-2-6(3-9)10-4-7-5-13-8(12)11-7/h5-6,10H,2,4H2,1H3,(H,11,12). The number of H-pyrrole nitrogens is 1. The van der Waals surface area contributed by atoms with Crippen LogP contribution in [-0.2, 0) is 6.54 Å². The predicted octanol–water partition coefficient (Wildman–Crippen LogP) is 0.828. The summed E-state index contributed by atoms with van der Waals surface area (Å²) in [5.41, 5.74) is 0.837. The quantitative estimate of drug-likeness (QED) is 0.751. The molecule has 0 bridgehead atoms. The van der Waals surface area contributed by atoms with Crippen LogP contribution >= 0.6 is 11.3 Å². The van der Waals surface area contributed by atoms with E-state index in [4.69, 9.17) is 5.26 Å². The Hall–Kier alpha value is -1.12. The van der Waals surface area contributed by atoms with Gasteiger partial charge in [-0.25, -0.2) is 0 Å². The van der Waals surface area contributed by atoms with Gasteiger partial charge < -0.3 is 4.98 Å². The number of aromatic amines is 1. The molecule has 1 heterocycles. The van der Waals surface area contributed by atoms with Crippen LogP contribution in [0.1, 0.15) is 19.0 Å². The summed E-state index contributed by atoms with van der Waals surface area (Å²) in [4.78, 5) is 13.4. The zero-order valence-electron chi connectivity index (χ0n) is 7.33. The first-order valence-electron chi connectivity index (χ1n) is 4.06. The largest absolute Gasteiger partial charge is 0.315 e. The van der Waals surface area contributed by atoms with E-state index in [0.29, 0.717) is 6.54 Å². The number of rotatable bonds is 4. The maximum absolute atomic E-state index is 10.7. The van der Waals surface area contributed by atoms with Crippen molar-refractivity contribution in [2.45, 2.75) is 25.9 Å². The van der Waals surface area contributed by atoms with Crippen molar-refractivity contribution in [2.24, 2.45) is 0 Å². The van der Waals surface area contributed by atoms with E-state index in [1.54, 1.807) is 5.38 Å². The van der Waals surface area contributed by atoms with Gasteiger partial charge in [-0.1, -0.05) is 18.3 Å². The molecule has 4 nitrogen and oxygen atoms in total. The molecule has 0 spiro atoms. The van der Waals surface area contributed by atoms with Gasteiger partial charge in [0.05, 0.1) is 12.1 Å². The van der Waals surface area contributed by atoms with Crippen LogP contribution in [0.25, 0.3) is 0 Å². The van der Waals surface area contributed by atoms with Crippen molar-refractivity contribution in [3.8, 4) is 6.07 Å². The Morgan fingerprint density at radius 1 is 1.85 bits per heavy atom. The summed E-state index contributed by atoms with van der Waals surface area (Å²) in [6.45, 7) is 2.49. The van der Waals surface area contributed by atoms with Crippen molar-refractivity contribution < 1.29 is 0 Å². The van der Waals surface area contributed by atoms with Gasteiger partial charge in [-0.2, -0.15) is 5.26 Å². The number of hydrogen-bond acceptors (Lipinski definition) is 4. The Labute approximate surface area is 80.2 Å². The van der Waals surface area contributed by atoms with Gasteiger partial charge in [0.1, 0.15) is 0 Å². The lowest BCUT2D eigenvalue weighted by molar-refractivity contribution is 0.581. The lowest BCUT2D eigenvalue weighted by Gasteiger charge is -2.06. The number of hydrogen-bond donors (Lipinski definition) is 2. The molecule has 1 atom stereocenters. The monoisotopic (exact) mass is 197 g/mol. The molecule has 1 rings (SSSR count). The Kier molecular flexibility index (Phi) is 3.68. The van der Waals surface area contributed by atoms with Crippen molar-refractivity contribution in [2.75, 3.05) is 0 Å². The fraction of sp³-hybridized carbons (Fsp3) is 0.500. The van der Waals surface area contributed by atoms with Gasteiger partial charge in [0.25, 0.3) is 0 Å². The van der Waals surface area contributed by atoms with Gasteiger partial charge in [-0.15, -0.1) is 0 Å². The summed E-state index contributed by atoms with van der Waals surface area (Å²) in [5, 5.41) is 13.4. The van der Waals surface area contributed by atoms with Gasteiger partial charge in [0, 0.05) is 17.6 Å². The van der Waals surface area contributed by atoms with Crippen LogP contribution in [0.2, 0.25) is 0 Å². The fourth-order valence-electron chi connectivity index (χ4n) is 0.915. The summed E-state index contributed by atoms with van der Waals surface area (Å²) in [6.07, 6.45) is 0.769. The highest BCUT2D eigenvalue weighted by molar-refractivity contribution is 7.07. The van der Waals surface area contributed by atoms with Gasteiger partial charge in [-0.05, 0) is 6.42 Å². The van der Waals surface area contributed by atoms with Crippen LogP contribution in [0, 0.1) is 11.3 Å². The molecule has 2 N–H and O–H groups in total. The minimum absolute atomic E-state index is 0.0539. The normalized spacial score (nSPS) is 12.3. The van der Waals surface area contributed by atoms with E-state index in [1.165, 1.54) is 0 Å². The first kappa shape index (κ1) is 9.96. The Balaban J connectivity index is 2.43. The molecule has 0 saturated heterocycles. The zero-order chi connectivity index (χ0) is 9.68. The van der Waals surface area contributed by atoms with E-state index in [9.17, 15) is 4.79 Å². The molecule has 5 heteroatoms. The average molecular weight is 197 g/mol. The summed E-state index contributed by atoms with van der Waals surface area (Å²) in [5.74, 6) is 0. The molecule has 0 aromatic carbocycles. The number of nitriles is 1. The minimum Gasteiger partial charge on any atom is -0.315 e. The molecule has 0 fully saturated rings. The number of aromatic nitrogens is 1. The van der Waals surface area contributed by atoms with Gasteiger partial charge >= 0.3 is 4.87 Å². The molecule has 0 saturated carbocycles. The SMILES string of the molecule is CCC(C#N)NCc1csc(=O)[nH]1. The third-order valence-corrected chi connectivity index (χ3v) is 2.39. The fourth-order valence-corrected chi connectivity index (χ4v) is 1.50. The Morgan fingerprint density at radius 3 is 3.08 bits per heavy atom. The summed E-state index contributed by atoms with van der Waals surface area (Å²) < 4.78 is 0. The summed E-state index contributed by atoms with van der Waals surface area (Å²) >= 11 is 1.14. The Morgan fingerprint density at radius 2 is 2.62 bits per heavy atom. The highest BCUT2D eigenvalue weighted by Gasteiger charge is 2.03. The molecule has 0 amide bonds. The van der Waals surface area contributed by atoms with Crippen LogP contribution in [-0.4, -0.2) is 11.0 Å². The molecule has 1 unspecified atom stereocenters. The lowest BCUT2D eigenvalue weighted by atomic mass is 10.2. The van der Waals surface area contributed by atoms with E-state index in [-0.39, 0.29) is 10.9 Å². The van der Waals surface area contributed by atoms with Crippen LogP contribution in [0.4, 0.5) is 0 Å². The number of thiazole rings is 1. The van der Waals surface area contributed by atoms with E-state index in [2.05, 4.69) is 16.4 Å². The van der Waals surface area contributed by atoms with E-state index < -0.39 is 0 Å². The van der Waals surface area contributed by atoms with Crippen molar-refractivity contribution in [3.63, 3.8) is 0 Å². The number of nitrogens with one attached hydrogen (secondary N) is 2. The maximum Gasteiger partial charge on any atom is 0.304 e. The van der Waals surface area contributed by atoms with E-state index in [0.717, 1.165) is 23.5 Å². The highest BCUT2D eigenvalue weighted by atomic mass is 32.1. The second-order valence-corrected chi connectivity index (χ2v) is 3.49. The summed E-state index contributed by atoms with van der Waals surface area (Å²) in [7, 11) is 0. The topological polar surface area (TPSA) is 68.7 Å². The van der Waals surface area contributed by atoms with Crippen molar-refractivity contribution in [3.05, 3.63) is 20.7 Å². The molecule has 0 radical (unpaired) electrons. The van der Waals surface area contributed by atoms with E-state index in [1.807, 2.05) is 6.92 Å². The molecule has 70 valence electrons. The third kappa shape index (κ3) is 3.01.